The molecule has 0 fully saturated rings. The Morgan fingerprint density at radius 2 is 2.06 bits per heavy atom. The van der Waals surface area contributed by atoms with E-state index in [4.69, 9.17) is 0 Å². The first-order chi connectivity index (χ1) is 8.33. The van der Waals surface area contributed by atoms with Crippen LogP contribution in [0.2, 0.25) is 0 Å². The molecule has 0 bridgehead atoms. The van der Waals surface area contributed by atoms with Crippen LogP contribution >= 0.6 is 17.0 Å². The van der Waals surface area contributed by atoms with Gasteiger partial charge in [0.05, 0.1) is 17.2 Å². The van der Waals surface area contributed by atoms with Crippen molar-refractivity contribution in [2.45, 2.75) is 19.9 Å². The molecule has 1 N–H and O–H groups in total. The van der Waals surface area contributed by atoms with Gasteiger partial charge < -0.3 is 5.32 Å². The van der Waals surface area contributed by atoms with Crippen molar-refractivity contribution in [3.63, 3.8) is 0 Å². The third-order valence-corrected chi connectivity index (χ3v) is 2.69. The van der Waals surface area contributed by atoms with E-state index in [-0.39, 0.29) is 22.5 Å². The molecule has 98 valence electrons. The number of benzene rings is 1. The van der Waals surface area contributed by atoms with Gasteiger partial charge in [0.25, 0.3) is 5.56 Å². The summed E-state index contributed by atoms with van der Waals surface area (Å²) in [5.74, 6) is 0. The van der Waals surface area contributed by atoms with Gasteiger partial charge in [0, 0.05) is 13.1 Å². The number of rotatable bonds is 5. The summed E-state index contributed by atoms with van der Waals surface area (Å²) in [5, 5.41) is 3.96. The number of hydrogen-bond donors (Lipinski definition) is 1. The smallest absolute Gasteiger partial charge is 0.261 e. The first kappa shape index (κ1) is 14.9. The van der Waals surface area contributed by atoms with E-state index in [0.717, 1.165) is 25.0 Å². The van der Waals surface area contributed by atoms with Gasteiger partial charge in [-0.1, -0.05) is 19.1 Å². The van der Waals surface area contributed by atoms with E-state index >= 15 is 0 Å². The monoisotopic (exact) mass is 311 g/mol. The van der Waals surface area contributed by atoms with Gasteiger partial charge in [0.15, 0.2) is 0 Å². The maximum Gasteiger partial charge on any atom is 0.261 e. The second kappa shape index (κ2) is 7.28. The molecule has 2 aromatic rings. The molecule has 0 unspecified atom stereocenters. The summed E-state index contributed by atoms with van der Waals surface area (Å²) in [6, 6.07) is 7.43. The molecule has 0 atom stereocenters. The SMILES string of the molecule is Br.CCCNCCn1cnc2ccccc2c1=O. The predicted molar refractivity (Wildman–Crippen MR) is 79.5 cm³/mol. The summed E-state index contributed by atoms with van der Waals surface area (Å²) in [7, 11) is 0. The Labute approximate surface area is 117 Å². The summed E-state index contributed by atoms with van der Waals surface area (Å²) in [6.45, 7) is 4.57. The number of para-hydroxylation sites is 1. The second-order valence-electron chi connectivity index (χ2n) is 4.01. The maximum atomic E-state index is 12.1. The molecule has 0 radical (unpaired) electrons. The average Bonchev–Trinajstić information content (AvgIpc) is 2.37. The lowest BCUT2D eigenvalue weighted by Crippen LogP contribution is -2.27. The molecule has 1 heterocycles. The van der Waals surface area contributed by atoms with E-state index in [1.54, 1.807) is 10.9 Å². The summed E-state index contributed by atoms with van der Waals surface area (Å²) in [6.07, 6.45) is 2.73. The van der Waals surface area contributed by atoms with E-state index in [9.17, 15) is 4.79 Å². The Morgan fingerprint density at radius 3 is 2.83 bits per heavy atom. The molecular formula is C13H18BrN3O. The lowest BCUT2D eigenvalue weighted by Gasteiger charge is -2.07. The molecule has 0 aliphatic heterocycles. The molecule has 0 saturated carbocycles. The van der Waals surface area contributed by atoms with Crippen LogP contribution in [0, 0.1) is 0 Å². The number of fused-ring (bicyclic) bond motifs is 1. The maximum absolute atomic E-state index is 12.1. The fourth-order valence-electron chi connectivity index (χ4n) is 1.77. The van der Waals surface area contributed by atoms with Crippen molar-refractivity contribution in [3.8, 4) is 0 Å². The van der Waals surface area contributed by atoms with Gasteiger partial charge in [0.1, 0.15) is 0 Å². The van der Waals surface area contributed by atoms with Gasteiger partial charge in [-0.3, -0.25) is 9.36 Å². The van der Waals surface area contributed by atoms with Gasteiger partial charge in [-0.2, -0.15) is 0 Å². The minimum absolute atomic E-state index is 0. The van der Waals surface area contributed by atoms with Crippen LogP contribution < -0.4 is 10.9 Å². The Hall–Kier alpha value is -1.20. The highest BCUT2D eigenvalue weighted by Gasteiger charge is 2.02. The molecule has 0 aliphatic rings. The topological polar surface area (TPSA) is 46.9 Å². The first-order valence-electron chi connectivity index (χ1n) is 5.98. The molecular weight excluding hydrogens is 294 g/mol. The molecule has 1 aromatic heterocycles. The van der Waals surface area contributed by atoms with E-state index in [1.165, 1.54) is 0 Å². The van der Waals surface area contributed by atoms with Gasteiger partial charge in [-0.05, 0) is 25.1 Å². The van der Waals surface area contributed by atoms with E-state index in [2.05, 4.69) is 17.2 Å². The summed E-state index contributed by atoms with van der Waals surface area (Å²) >= 11 is 0. The van der Waals surface area contributed by atoms with Crippen LogP contribution in [0.3, 0.4) is 0 Å². The molecule has 0 spiro atoms. The van der Waals surface area contributed by atoms with Crippen molar-refractivity contribution >= 4 is 27.9 Å². The highest BCUT2D eigenvalue weighted by atomic mass is 79.9. The van der Waals surface area contributed by atoms with E-state index < -0.39 is 0 Å². The van der Waals surface area contributed by atoms with Crippen molar-refractivity contribution in [2.75, 3.05) is 13.1 Å². The van der Waals surface area contributed by atoms with Gasteiger partial charge >= 0.3 is 0 Å². The molecule has 0 saturated heterocycles. The normalized spacial score (nSPS) is 10.3. The van der Waals surface area contributed by atoms with Crippen LogP contribution in [-0.2, 0) is 6.54 Å². The summed E-state index contributed by atoms with van der Waals surface area (Å²) < 4.78 is 1.66. The zero-order chi connectivity index (χ0) is 12.1. The average molecular weight is 312 g/mol. The van der Waals surface area contributed by atoms with Gasteiger partial charge in [-0.25, -0.2) is 4.98 Å². The van der Waals surface area contributed by atoms with Crippen LogP contribution in [0.4, 0.5) is 0 Å². The molecule has 0 amide bonds. The molecule has 18 heavy (non-hydrogen) atoms. The lowest BCUT2D eigenvalue weighted by atomic mass is 10.2. The highest BCUT2D eigenvalue weighted by molar-refractivity contribution is 8.93. The quantitative estimate of drug-likeness (QED) is 0.859. The molecule has 1 aromatic carbocycles. The van der Waals surface area contributed by atoms with Gasteiger partial charge in [0.2, 0.25) is 0 Å². The van der Waals surface area contributed by atoms with Crippen molar-refractivity contribution in [3.05, 3.63) is 40.9 Å². The Balaban J connectivity index is 0.00000162. The van der Waals surface area contributed by atoms with Crippen LogP contribution in [0.25, 0.3) is 10.9 Å². The standard InChI is InChI=1S/C13H17N3O.BrH/c1-2-7-14-8-9-16-10-15-12-6-4-3-5-11(12)13(16)17;/h3-6,10,14H,2,7-9H2,1H3;1H. The predicted octanol–water partition coefficient (Wildman–Crippen LogP) is 1.97. The molecule has 4 nitrogen and oxygen atoms in total. The third kappa shape index (κ3) is 3.40. The van der Waals surface area contributed by atoms with Crippen molar-refractivity contribution in [2.24, 2.45) is 0 Å². The zero-order valence-corrected chi connectivity index (χ0v) is 12.1. The summed E-state index contributed by atoms with van der Waals surface area (Å²) in [4.78, 5) is 16.4. The Bertz CT molecular complexity index is 553. The fourth-order valence-corrected chi connectivity index (χ4v) is 1.77. The van der Waals surface area contributed by atoms with Crippen molar-refractivity contribution in [1.82, 2.24) is 14.9 Å². The highest BCUT2D eigenvalue weighted by Crippen LogP contribution is 2.04. The third-order valence-electron chi connectivity index (χ3n) is 2.69. The second-order valence-corrected chi connectivity index (χ2v) is 4.01. The summed E-state index contributed by atoms with van der Waals surface area (Å²) in [5.41, 5.74) is 0.796. The number of aromatic nitrogens is 2. The van der Waals surface area contributed by atoms with E-state index in [0.29, 0.717) is 11.9 Å². The first-order valence-corrected chi connectivity index (χ1v) is 5.98. The Kier molecular flexibility index (Phi) is 6.01. The molecule has 5 heteroatoms. The largest absolute Gasteiger partial charge is 0.315 e. The number of hydrogen-bond acceptors (Lipinski definition) is 3. The van der Waals surface area contributed by atoms with E-state index in [1.807, 2.05) is 24.3 Å². The lowest BCUT2D eigenvalue weighted by molar-refractivity contribution is 0.579. The van der Waals surface area contributed by atoms with Gasteiger partial charge in [-0.15, -0.1) is 17.0 Å². The van der Waals surface area contributed by atoms with Crippen molar-refractivity contribution in [1.29, 1.82) is 0 Å². The number of nitrogens with one attached hydrogen (secondary N) is 1. The number of halogens is 1. The Morgan fingerprint density at radius 1 is 1.28 bits per heavy atom. The van der Waals surface area contributed by atoms with Crippen LogP contribution in [-0.4, -0.2) is 22.6 Å². The fraction of sp³-hybridized carbons (Fsp3) is 0.385. The zero-order valence-electron chi connectivity index (χ0n) is 10.4. The van der Waals surface area contributed by atoms with Crippen LogP contribution in [0.1, 0.15) is 13.3 Å². The van der Waals surface area contributed by atoms with Crippen molar-refractivity contribution < 1.29 is 0 Å². The minimum Gasteiger partial charge on any atom is -0.315 e. The minimum atomic E-state index is 0. The van der Waals surface area contributed by atoms with Crippen LogP contribution in [0.5, 0.6) is 0 Å². The number of nitrogens with zero attached hydrogens (tertiary/aromatic N) is 2. The molecule has 0 aliphatic carbocycles. The molecule has 2 rings (SSSR count). The van der Waals surface area contributed by atoms with Crippen LogP contribution in [0.15, 0.2) is 35.4 Å².